The number of nitrogens with zero attached hydrogens (tertiary/aromatic N) is 2. The second-order valence-electron chi connectivity index (χ2n) is 7.46. The van der Waals surface area contributed by atoms with Gasteiger partial charge in [-0.05, 0) is 30.9 Å². The van der Waals surface area contributed by atoms with Crippen molar-refractivity contribution in [3.63, 3.8) is 0 Å². The van der Waals surface area contributed by atoms with Crippen LogP contribution in [0.15, 0.2) is 35.3 Å². The third kappa shape index (κ3) is 5.42. The van der Waals surface area contributed by atoms with Crippen molar-refractivity contribution < 1.29 is 9.47 Å². The van der Waals surface area contributed by atoms with Crippen molar-refractivity contribution in [1.29, 1.82) is 0 Å². The van der Waals surface area contributed by atoms with Gasteiger partial charge in [0, 0.05) is 24.9 Å². The molecule has 1 heterocycles. The molecule has 1 saturated carbocycles. The van der Waals surface area contributed by atoms with Crippen LogP contribution < -0.4 is 10.4 Å². The van der Waals surface area contributed by atoms with Crippen LogP contribution in [-0.2, 0) is 18.0 Å². The molecule has 0 saturated heterocycles. The van der Waals surface area contributed by atoms with Gasteiger partial charge in [-0.3, -0.25) is 4.57 Å². The van der Waals surface area contributed by atoms with Crippen LogP contribution in [0, 0.1) is 6.92 Å². The molecule has 1 aliphatic carbocycles. The Morgan fingerprint density at radius 1 is 1.00 bits per heavy atom. The molecular weight excluding hydrogens is 340 g/mol. The molecule has 5 heteroatoms. The van der Waals surface area contributed by atoms with Crippen LogP contribution in [0.25, 0.3) is 0 Å². The predicted octanol–water partition coefficient (Wildman–Crippen LogP) is 4.56. The molecule has 0 N–H and O–H groups in total. The summed E-state index contributed by atoms with van der Waals surface area (Å²) in [6, 6.07) is 8.34. The molecule has 0 amide bonds. The van der Waals surface area contributed by atoms with E-state index in [1.54, 1.807) is 7.11 Å². The molecule has 0 unspecified atom stereocenters. The van der Waals surface area contributed by atoms with E-state index in [1.165, 1.54) is 32.1 Å². The smallest absolute Gasteiger partial charge is 0.351 e. The van der Waals surface area contributed by atoms with Crippen molar-refractivity contribution in [2.24, 2.45) is 0 Å². The van der Waals surface area contributed by atoms with Crippen LogP contribution in [0.4, 0.5) is 0 Å². The minimum Gasteiger partial charge on any atom is -0.472 e. The van der Waals surface area contributed by atoms with Gasteiger partial charge in [-0.15, -0.1) is 0 Å². The zero-order valence-electron chi connectivity index (χ0n) is 16.4. The van der Waals surface area contributed by atoms with Gasteiger partial charge in [0.25, 0.3) is 0 Å². The lowest BCUT2D eigenvalue weighted by atomic mass is 9.96. The molecule has 3 rings (SSSR count). The predicted molar refractivity (Wildman–Crippen MR) is 106 cm³/mol. The van der Waals surface area contributed by atoms with Crippen molar-refractivity contribution in [3.8, 4) is 5.88 Å². The topological polar surface area (TPSA) is 53.4 Å². The Morgan fingerprint density at radius 3 is 2.22 bits per heavy atom. The third-order valence-corrected chi connectivity index (χ3v) is 5.27. The van der Waals surface area contributed by atoms with Gasteiger partial charge >= 0.3 is 5.69 Å². The van der Waals surface area contributed by atoms with E-state index in [9.17, 15) is 4.79 Å². The van der Waals surface area contributed by atoms with Crippen LogP contribution >= 0.6 is 0 Å². The average molecular weight is 370 g/mol. The first-order chi connectivity index (χ1) is 13.2. The average Bonchev–Trinajstić information content (AvgIpc) is 2.64. The lowest BCUT2D eigenvalue weighted by Crippen LogP contribution is -2.28. The second-order valence-corrected chi connectivity index (χ2v) is 7.46. The Labute approximate surface area is 161 Å². The fourth-order valence-corrected chi connectivity index (χ4v) is 3.72. The summed E-state index contributed by atoms with van der Waals surface area (Å²) in [6.07, 6.45) is 10.3. The van der Waals surface area contributed by atoms with E-state index in [0.29, 0.717) is 19.1 Å². The molecule has 1 aromatic heterocycles. The molecule has 1 aromatic carbocycles. The summed E-state index contributed by atoms with van der Waals surface area (Å²) in [6.45, 7) is 2.96. The summed E-state index contributed by atoms with van der Waals surface area (Å²) in [5, 5.41) is 0. The van der Waals surface area contributed by atoms with Crippen molar-refractivity contribution in [1.82, 2.24) is 9.55 Å². The molecule has 1 aliphatic rings. The number of ether oxygens (including phenoxy) is 2. The SMILES string of the molecule is COCc1ccc(COc2nc(=O)n(C3CCCCCCC3)cc2C)cc1. The fraction of sp³-hybridized carbons (Fsp3) is 0.545. The van der Waals surface area contributed by atoms with Crippen LogP contribution in [0.2, 0.25) is 0 Å². The first-order valence-electron chi connectivity index (χ1n) is 9.96. The maximum Gasteiger partial charge on any atom is 0.351 e. The van der Waals surface area contributed by atoms with E-state index in [-0.39, 0.29) is 11.7 Å². The van der Waals surface area contributed by atoms with Gasteiger partial charge in [0.1, 0.15) is 6.61 Å². The molecule has 0 bridgehead atoms. The number of aryl methyl sites for hydroxylation is 1. The van der Waals surface area contributed by atoms with Gasteiger partial charge in [-0.1, -0.05) is 56.4 Å². The molecule has 146 valence electrons. The standard InChI is InChI=1S/C22H30N2O3/c1-17-14-24(20-8-6-4-3-5-7-9-20)22(25)23-21(17)27-16-19-12-10-18(11-13-19)15-26-2/h10-14,20H,3-9,15-16H2,1-2H3. The van der Waals surface area contributed by atoms with Crippen molar-refractivity contribution in [2.75, 3.05) is 7.11 Å². The molecule has 0 radical (unpaired) electrons. The van der Waals surface area contributed by atoms with Gasteiger partial charge in [-0.2, -0.15) is 4.98 Å². The minimum absolute atomic E-state index is 0.198. The number of rotatable bonds is 6. The van der Waals surface area contributed by atoms with E-state index in [2.05, 4.69) is 4.98 Å². The van der Waals surface area contributed by atoms with Gasteiger partial charge in [0.05, 0.1) is 6.61 Å². The Kier molecular flexibility index (Phi) is 7.04. The number of benzene rings is 1. The zero-order valence-corrected chi connectivity index (χ0v) is 16.4. The number of hydrogen-bond donors (Lipinski definition) is 0. The second kappa shape index (κ2) is 9.70. The normalized spacial score (nSPS) is 15.9. The van der Waals surface area contributed by atoms with Gasteiger partial charge < -0.3 is 9.47 Å². The summed E-state index contributed by atoms with van der Waals surface area (Å²) in [7, 11) is 1.68. The minimum atomic E-state index is -0.198. The molecule has 5 nitrogen and oxygen atoms in total. The van der Waals surface area contributed by atoms with E-state index >= 15 is 0 Å². The lowest BCUT2D eigenvalue weighted by molar-refractivity contribution is 0.185. The Hall–Kier alpha value is -2.14. The quantitative estimate of drug-likeness (QED) is 0.748. The maximum atomic E-state index is 12.6. The fourth-order valence-electron chi connectivity index (χ4n) is 3.72. The first-order valence-corrected chi connectivity index (χ1v) is 9.96. The van der Waals surface area contributed by atoms with Gasteiger partial charge in [-0.25, -0.2) is 4.79 Å². The van der Waals surface area contributed by atoms with Crippen molar-refractivity contribution >= 4 is 0 Å². The molecule has 2 aromatic rings. The first kappa shape index (κ1) is 19.6. The maximum absolute atomic E-state index is 12.6. The molecule has 0 aliphatic heterocycles. The summed E-state index contributed by atoms with van der Waals surface area (Å²) >= 11 is 0. The lowest BCUT2D eigenvalue weighted by Gasteiger charge is -2.22. The Bertz CT molecular complexity index is 775. The van der Waals surface area contributed by atoms with Crippen LogP contribution in [0.3, 0.4) is 0 Å². The van der Waals surface area contributed by atoms with E-state index in [1.807, 2.05) is 42.0 Å². The van der Waals surface area contributed by atoms with Crippen molar-refractivity contribution in [2.45, 2.75) is 71.1 Å². The molecular formula is C22H30N2O3. The van der Waals surface area contributed by atoms with Gasteiger partial charge in [0.2, 0.25) is 5.88 Å². The van der Waals surface area contributed by atoms with Crippen molar-refractivity contribution in [3.05, 3.63) is 57.6 Å². The third-order valence-electron chi connectivity index (χ3n) is 5.27. The molecule has 1 fully saturated rings. The number of hydrogen-bond acceptors (Lipinski definition) is 4. The zero-order chi connectivity index (χ0) is 19.1. The van der Waals surface area contributed by atoms with Crippen LogP contribution in [0.1, 0.15) is 67.7 Å². The highest BCUT2D eigenvalue weighted by molar-refractivity contribution is 5.24. The van der Waals surface area contributed by atoms with E-state index < -0.39 is 0 Å². The molecule has 0 spiro atoms. The largest absolute Gasteiger partial charge is 0.472 e. The molecule has 0 atom stereocenters. The summed E-state index contributed by atoms with van der Waals surface area (Å²) in [5.74, 6) is 0.433. The van der Waals surface area contributed by atoms with Gasteiger partial charge in [0.15, 0.2) is 0 Å². The Balaban J connectivity index is 1.67. The number of aromatic nitrogens is 2. The summed E-state index contributed by atoms with van der Waals surface area (Å²) < 4.78 is 12.8. The monoisotopic (exact) mass is 370 g/mol. The summed E-state index contributed by atoms with van der Waals surface area (Å²) in [5.41, 5.74) is 2.88. The van der Waals surface area contributed by atoms with E-state index in [4.69, 9.17) is 9.47 Å². The molecule has 27 heavy (non-hydrogen) atoms. The summed E-state index contributed by atoms with van der Waals surface area (Å²) in [4.78, 5) is 16.8. The number of methoxy groups -OCH3 is 1. The van der Waals surface area contributed by atoms with E-state index in [0.717, 1.165) is 29.5 Å². The Morgan fingerprint density at radius 2 is 1.59 bits per heavy atom. The highest BCUT2D eigenvalue weighted by Gasteiger charge is 2.17. The highest BCUT2D eigenvalue weighted by Crippen LogP contribution is 2.26. The highest BCUT2D eigenvalue weighted by atomic mass is 16.5. The van der Waals surface area contributed by atoms with Crippen LogP contribution in [-0.4, -0.2) is 16.7 Å². The van der Waals surface area contributed by atoms with Crippen LogP contribution in [0.5, 0.6) is 5.88 Å².